The fraction of sp³-hybridized carbons (Fsp3) is 0.238. The number of anilines is 1. The Morgan fingerprint density at radius 3 is 2.94 bits per heavy atom. The van der Waals surface area contributed by atoms with Gasteiger partial charge in [0.15, 0.2) is 29.8 Å². The number of rotatable bonds is 7. The summed E-state index contributed by atoms with van der Waals surface area (Å²) in [5.74, 6) is -1.94. The molecule has 35 heavy (non-hydrogen) atoms. The first-order valence-corrected chi connectivity index (χ1v) is 13.1. The van der Waals surface area contributed by atoms with E-state index in [1.165, 1.54) is 23.8 Å². The average molecular weight is 532 g/mol. The third-order valence-electron chi connectivity index (χ3n) is 5.53. The maximum absolute atomic E-state index is 13.0. The molecule has 1 fully saturated rings. The van der Waals surface area contributed by atoms with Gasteiger partial charge in [-0.15, -0.1) is 34.4 Å². The Labute approximate surface area is 210 Å². The zero-order valence-corrected chi connectivity index (χ0v) is 20.7. The number of aliphatic carboxylic acids is 1. The highest BCUT2D eigenvalue weighted by Crippen LogP contribution is 2.40. The average Bonchev–Trinajstić information content (AvgIpc) is 3.48. The fourth-order valence-electron chi connectivity index (χ4n) is 3.97. The molecule has 0 bridgehead atoms. The first-order valence-electron chi connectivity index (χ1n) is 10.3. The van der Waals surface area contributed by atoms with Gasteiger partial charge in [-0.05, 0) is 11.4 Å². The molecule has 0 aliphatic carbocycles. The summed E-state index contributed by atoms with van der Waals surface area (Å²) >= 11 is 4.14. The molecule has 2 aliphatic rings. The molecular formula is C21H19N6O5S3+. The van der Waals surface area contributed by atoms with Crippen LogP contribution in [0.25, 0.3) is 10.1 Å². The van der Waals surface area contributed by atoms with Gasteiger partial charge in [0.2, 0.25) is 0 Å². The number of hydrogen-bond acceptors (Lipinski definition) is 10. The molecular weight excluding hydrogens is 512 g/mol. The van der Waals surface area contributed by atoms with Crippen molar-refractivity contribution >= 4 is 73.1 Å². The summed E-state index contributed by atoms with van der Waals surface area (Å²) in [5.41, 5.74) is 6.33. The lowest BCUT2D eigenvalue weighted by Crippen LogP contribution is -2.71. The number of oxime groups is 1. The number of carbonyl (C=O) groups excluding carboxylic acids is 2. The van der Waals surface area contributed by atoms with E-state index in [1.807, 2.05) is 34.5 Å². The number of nitrogens with two attached hydrogens (primary N) is 1. The quantitative estimate of drug-likeness (QED) is 0.177. The minimum atomic E-state index is -1.18. The second kappa shape index (κ2) is 9.28. The van der Waals surface area contributed by atoms with Crippen molar-refractivity contribution in [3.05, 3.63) is 52.3 Å². The highest BCUT2D eigenvalue weighted by Gasteiger charge is 2.54. The van der Waals surface area contributed by atoms with E-state index in [0.29, 0.717) is 17.9 Å². The Morgan fingerprint density at radius 1 is 1.40 bits per heavy atom. The van der Waals surface area contributed by atoms with Crippen molar-refractivity contribution in [3.8, 4) is 0 Å². The van der Waals surface area contributed by atoms with Gasteiger partial charge in [-0.3, -0.25) is 14.5 Å². The van der Waals surface area contributed by atoms with E-state index in [4.69, 9.17) is 10.6 Å². The predicted molar refractivity (Wildman–Crippen MR) is 132 cm³/mol. The molecule has 0 radical (unpaired) electrons. The van der Waals surface area contributed by atoms with Crippen LogP contribution in [0.1, 0.15) is 5.69 Å². The number of thiazole rings is 1. The van der Waals surface area contributed by atoms with Gasteiger partial charge < -0.3 is 21.0 Å². The molecule has 2 atom stereocenters. The molecule has 1 saturated heterocycles. The van der Waals surface area contributed by atoms with Gasteiger partial charge in [0.25, 0.3) is 11.8 Å². The Kier molecular flexibility index (Phi) is 6.17. The Balaban J connectivity index is 1.36. The van der Waals surface area contributed by atoms with Crippen molar-refractivity contribution in [3.63, 3.8) is 0 Å². The molecule has 3 aromatic heterocycles. The topological polar surface area (TPSA) is 151 Å². The van der Waals surface area contributed by atoms with Crippen LogP contribution in [0.3, 0.4) is 0 Å². The van der Waals surface area contributed by atoms with Gasteiger partial charge in [-0.1, -0.05) is 5.16 Å². The molecule has 2 aliphatic heterocycles. The number of hydrogen-bond donors (Lipinski definition) is 3. The smallest absolute Gasteiger partial charge is 0.352 e. The normalized spacial score (nSPS) is 20.0. The Morgan fingerprint density at radius 2 is 2.23 bits per heavy atom. The van der Waals surface area contributed by atoms with E-state index in [-0.39, 0.29) is 22.2 Å². The molecule has 180 valence electrons. The lowest BCUT2D eigenvalue weighted by molar-refractivity contribution is -0.687. The van der Waals surface area contributed by atoms with Gasteiger partial charge in [0.05, 0.1) is 4.70 Å². The highest BCUT2D eigenvalue weighted by atomic mass is 32.2. The number of fused-ring (bicyclic) bond motifs is 2. The van der Waals surface area contributed by atoms with Crippen molar-refractivity contribution in [1.82, 2.24) is 15.2 Å². The number of amides is 2. The molecule has 5 rings (SSSR count). The van der Waals surface area contributed by atoms with Crippen LogP contribution in [-0.4, -0.2) is 62.8 Å². The zero-order chi connectivity index (χ0) is 24.7. The first kappa shape index (κ1) is 23.3. The number of nitrogens with zero attached hydrogens (tertiary/aromatic N) is 4. The summed E-state index contributed by atoms with van der Waals surface area (Å²) in [6.45, 7) is 0.339. The van der Waals surface area contributed by atoms with Crippen LogP contribution >= 0.6 is 34.4 Å². The Bertz CT molecular complexity index is 1410. The van der Waals surface area contributed by atoms with E-state index in [9.17, 15) is 19.5 Å². The van der Waals surface area contributed by atoms with Crippen molar-refractivity contribution in [1.29, 1.82) is 0 Å². The summed E-state index contributed by atoms with van der Waals surface area (Å²) in [5, 5.41) is 20.7. The van der Waals surface area contributed by atoms with Crippen LogP contribution < -0.4 is 15.6 Å². The Hall–Kier alpha value is -3.49. The molecule has 11 nitrogen and oxygen atoms in total. The number of thioether (sulfide) groups is 1. The first-order chi connectivity index (χ1) is 16.9. The molecule has 4 N–H and O–H groups in total. The molecule has 0 saturated carbocycles. The van der Waals surface area contributed by atoms with Gasteiger partial charge in [0, 0.05) is 28.2 Å². The highest BCUT2D eigenvalue weighted by molar-refractivity contribution is 8.00. The molecule has 0 spiro atoms. The van der Waals surface area contributed by atoms with Crippen LogP contribution in [-0.2, 0) is 25.8 Å². The number of nitrogens with one attached hydrogen (secondary N) is 1. The maximum Gasteiger partial charge on any atom is 0.352 e. The van der Waals surface area contributed by atoms with E-state index < -0.39 is 29.2 Å². The minimum Gasteiger partial charge on any atom is -0.477 e. The third kappa shape index (κ3) is 4.24. The van der Waals surface area contributed by atoms with Crippen LogP contribution in [0, 0.1) is 0 Å². The van der Waals surface area contributed by atoms with E-state index in [0.717, 1.165) is 21.4 Å². The summed E-state index contributed by atoms with van der Waals surface area (Å²) in [4.78, 5) is 48.1. The van der Waals surface area contributed by atoms with Gasteiger partial charge in [-0.25, -0.2) is 9.78 Å². The van der Waals surface area contributed by atoms with Gasteiger partial charge in [-0.2, -0.15) is 4.57 Å². The van der Waals surface area contributed by atoms with Crippen LogP contribution in [0.5, 0.6) is 0 Å². The van der Waals surface area contributed by atoms with Gasteiger partial charge in [0.1, 0.15) is 29.9 Å². The van der Waals surface area contributed by atoms with Crippen molar-refractivity contribution in [2.45, 2.75) is 18.0 Å². The third-order valence-corrected chi connectivity index (χ3v) is 8.41. The fourth-order valence-corrected chi connectivity index (χ4v) is 6.68. The summed E-state index contributed by atoms with van der Waals surface area (Å²) in [6.07, 6.45) is 3.85. The molecule has 5 heterocycles. The number of carbonyl (C=O) groups is 3. The van der Waals surface area contributed by atoms with Crippen LogP contribution in [0.2, 0.25) is 0 Å². The summed E-state index contributed by atoms with van der Waals surface area (Å²) in [7, 11) is 1.29. The maximum atomic E-state index is 13.0. The predicted octanol–water partition coefficient (Wildman–Crippen LogP) is 1.02. The molecule has 2 unspecified atom stereocenters. The zero-order valence-electron chi connectivity index (χ0n) is 18.2. The second-order valence-electron chi connectivity index (χ2n) is 7.67. The number of carboxylic acids is 1. The second-order valence-corrected chi connectivity index (χ2v) is 10.6. The lowest BCUT2D eigenvalue weighted by atomic mass is 10.0. The summed E-state index contributed by atoms with van der Waals surface area (Å²) in [6, 6.07) is 3.09. The molecule has 14 heteroatoms. The largest absolute Gasteiger partial charge is 0.477 e. The van der Waals surface area contributed by atoms with E-state index >= 15 is 0 Å². The number of carboxylic acid groups (broad SMARTS) is 1. The van der Waals surface area contributed by atoms with Crippen LogP contribution in [0.15, 0.2) is 51.7 Å². The monoisotopic (exact) mass is 531 g/mol. The van der Waals surface area contributed by atoms with Gasteiger partial charge >= 0.3 is 5.97 Å². The number of aromatic nitrogens is 2. The molecule has 0 aromatic carbocycles. The number of pyridine rings is 1. The number of nitrogen functional groups attached to an aromatic ring is 1. The van der Waals surface area contributed by atoms with Crippen molar-refractivity contribution < 1.29 is 28.9 Å². The van der Waals surface area contributed by atoms with Crippen molar-refractivity contribution in [2.75, 3.05) is 18.6 Å². The minimum absolute atomic E-state index is 0.0407. The lowest BCUT2D eigenvalue weighted by Gasteiger charge is -2.49. The van der Waals surface area contributed by atoms with Crippen LogP contribution in [0.4, 0.5) is 5.13 Å². The number of β-lactam (4-membered cyclic amide) rings is 1. The standard InChI is InChI=1S/C21H18N6O5S3/c1-32-25-14(12-9-35-21(22)23-12)17(28)24-15-18(29)27-16(20(30)31)11(8-34-19(15)27)6-26-4-2-10-3-5-33-13(10)7-26/h2-5,7,9,15,19H,6,8H2,1H3,(H3-,22,23,24,28,30,31)/p+1/b25-14+. The molecule has 2 amide bonds. The SMILES string of the molecule is CO/N=C(/C(=O)NC1C(=O)N2C(C(=O)O)=C(C[n+]3ccc4ccsc4c3)CSC12)c1csc(N)n1. The van der Waals surface area contributed by atoms with Crippen molar-refractivity contribution in [2.24, 2.45) is 5.16 Å². The van der Waals surface area contributed by atoms with E-state index in [1.54, 1.807) is 16.7 Å². The summed E-state index contributed by atoms with van der Waals surface area (Å²) < 4.78 is 3.00. The van der Waals surface area contributed by atoms with E-state index in [2.05, 4.69) is 15.5 Å². The molecule has 3 aromatic rings. The number of thiophene rings is 1.